The molecule has 0 unspecified atom stereocenters. The SMILES string of the molecule is CCC(C)=C(C)CCC(=O)OC. The van der Waals surface area contributed by atoms with Gasteiger partial charge in [-0.1, -0.05) is 18.1 Å². The third-order valence-corrected chi connectivity index (χ3v) is 2.19. The van der Waals surface area contributed by atoms with E-state index in [2.05, 4.69) is 25.5 Å². The molecule has 0 saturated heterocycles. The van der Waals surface area contributed by atoms with Gasteiger partial charge in [-0.2, -0.15) is 0 Å². The number of allylic oxidation sites excluding steroid dienone is 2. The lowest BCUT2D eigenvalue weighted by Crippen LogP contribution is -2.00. The summed E-state index contributed by atoms with van der Waals surface area (Å²) in [5, 5.41) is 0. The lowest BCUT2D eigenvalue weighted by atomic mass is 10.0. The maximum atomic E-state index is 10.8. The smallest absolute Gasteiger partial charge is 0.305 e. The van der Waals surface area contributed by atoms with Crippen molar-refractivity contribution >= 4 is 5.97 Å². The molecule has 0 aliphatic heterocycles. The highest BCUT2D eigenvalue weighted by Gasteiger charge is 2.01. The molecular weight excluding hydrogens is 152 g/mol. The van der Waals surface area contributed by atoms with Gasteiger partial charge in [0.25, 0.3) is 0 Å². The van der Waals surface area contributed by atoms with Gasteiger partial charge in [0, 0.05) is 6.42 Å². The van der Waals surface area contributed by atoms with E-state index in [0.717, 1.165) is 12.8 Å². The van der Waals surface area contributed by atoms with E-state index < -0.39 is 0 Å². The molecule has 0 atom stereocenters. The number of carbonyl (C=O) groups is 1. The first kappa shape index (κ1) is 11.2. The van der Waals surface area contributed by atoms with Gasteiger partial charge in [0.1, 0.15) is 0 Å². The summed E-state index contributed by atoms with van der Waals surface area (Å²) in [6.45, 7) is 6.30. The van der Waals surface area contributed by atoms with Crippen molar-refractivity contribution in [3.8, 4) is 0 Å². The van der Waals surface area contributed by atoms with Crippen LogP contribution in [0.2, 0.25) is 0 Å². The summed E-state index contributed by atoms with van der Waals surface area (Å²) in [7, 11) is 1.42. The summed E-state index contributed by atoms with van der Waals surface area (Å²) < 4.78 is 4.55. The summed E-state index contributed by atoms with van der Waals surface area (Å²) in [6.07, 6.45) is 2.39. The van der Waals surface area contributed by atoms with E-state index in [1.807, 2.05) is 0 Å². The number of ether oxygens (including phenoxy) is 1. The van der Waals surface area contributed by atoms with Crippen LogP contribution in [-0.2, 0) is 9.53 Å². The van der Waals surface area contributed by atoms with Gasteiger partial charge in [-0.15, -0.1) is 0 Å². The Morgan fingerprint density at radius 3 is 2.17 bits per heavy atom. The quantitative estimate of drug-likeness (QED) is 0.479. The van der Waals surface area contributed by atoms with Gasteiger partial charge in [-0.05, 0) is 26.7 Å². The lowest BCUT2D eigenvalue weighted by Gasteiger charge is -2.04. The molecule has 12 heavy (non-hydrogen) atoms. The second-order valence-electron chi connectivity index (χ2n) is 2.99. The Morgan fingerprint density at radius 2 is 1.75 bits per heavy atom. The number of esters is 1. The van der Waals surface area contributed by atoms with Crippen LogP contribution in [0.5, 0.6) is 0 Å². The highest BCUT2D eigenvalue weighted by atomic mass is 16.5. The van der Waals surface area contributed by atoms with Gasteiger partial charge in [-0.3, -0.25) is 4.79 Å². The van der Waals surface area contributed by atoms with Crippen LogP contribution in [0.1, 0.15) is 40.0 Å². The molecule has 0 N–H and O–H groups in total. The Bertz CT molecular complexity index is 180. The van der Waals surface area contributed by atoms with Gasteiger partial charge in [-0.25, -0.2) is 0 Å². The van der Waals surface area contributed by atoms with Crippen molar-refractivity contribution in [2.24, 2.45) is 0 Å². The number of methoxy groups -OCH3 is 1. The molecule has 0 aromatic heterocycles. The Kier molecular flexibility index (Phi) is 5.43. The fourth-order valence-corrected chi connectivity index (χ4v) is 0.907. The second-order valence-corrected chi connectivity index (χ2v) is 2.99. The van der Waals surface area contributed by atoms with E-state index in [0.29, 0.717) is 6.42 Å². The Labute approximate surface area is 74.6 Å². The maximum Gasteiger partial charge on any atom is 0.305 e. The van der Waals surface area contributed by atoms with Crippen molar-refractivity contribution in [2.75, 3.05) is 7.11 Å². The van der Waals surface area contributed by atoms with Crippen LogP contribution in [0, 0.1) is 0 Å². The van der Waals surface area contributed by atoms with Gasteiger partial charge in [0.2, 0.25) is 0 Å². The standard InChI is InChI=1S/C10H18O2/c1-5-8(2)9(3)6-7-10(11)12-4/h5-7H2,1-4H3. The summed E-state index contributed by atoms with van der Waals surface area (Å²) in [5.41, 5.74) is 2.68. The van der Waals surface area contributed by atoms with Crippen LogP contribution < -0.4 is 0 Å². The summed E-state index contributed by atoms with van der Waals surface area (Å²) in [5.74, 6) is -0.127. The summed E-state index contributed by atoms with van der Waals surface area (Å²) >= 11 is 0. The number of rotatable bonds is 4. The van der Waals surface area contributed by atoms with E-state index in [-0.39, 0.29) is 5.97 Å². The normalized spacial score (nSPS) is 12.3. The fourth-order valence-electron chi connectivity index (χ4n) is 0.907. The molecule has 2 heteroatoms. The number of carbonyl (C=O) groups excluding carboxylic acids is 1. The van der Waals surface area contributed by atoms with Gasteiger partial charge in [0.05, 0.1) is 7.11 Å². The molecule has 0 rings (SSSR count). The van der Waals surface area contributed by atoms with Crippen molar-refractivity contribution in [1.29, 1.82) is 0 Å². The molecule has 0 amide bonds. The van der Waals surface area contributed by atoms with Crippen LogP contribution in [0.3, 0.4) is 0 Å². The molecule has 2 nitrogen and oxygen atoms in total. The van der Waals surface area contributed by atoms with Crippen molar-refractivity contribution < 1.29 is 9.53 Å². The predicted octanol–water partition coefficient (Wildman–Crippen LogP) is 2.69. The van der Waals surface area contributed by atoms with Crippen LogP contribution in [-0.4, -0.2) is 13.1 Å². The minimum atomic E-state index is -0.127. The predicted molar refractivity (Wildman–Crippen MR) is 49.9 cm³/mol. The zero-order chi connectivity index (χ0) is 9.56. The molecule has 0 heterocycles. The van der Waals surface area contributed by atoms with E-state index in [1.165, 1.54) is 18.3 Å². The third-order valence-electron chi connectivity index (χ3n) is 2.19. The Hall–Kier alpha value is -0.790. The van der Waals surface area contributed by atoms with E-state index in [9.17, 15) is 4.79 Å². The fraction of sp³-hybridized carbons (Fsp3) is 0.700. The van der Waals surface area contributed by atoms with Gasteiger partial charge in [0.15, 0.2) is 0 Å². The average molecular weight is 170 g/mol. The third kappa shape index (κ3) is 4.16. The minimum Gasteiger partial charge on any atom is -0.469 e. The first-order chi connectivity index (χ1) is 5.61. The van der Waals surface area contributed by atoms with E-state index in [1.54, 1.807) is 0 Å². The summed E-state index contributed by atoms with van der Waals surface area (Å²) in [4.78, 5) is 10.8. The van der Waals surface area contributed by atoms with Crippen molar-refractivity contribution in [3.63, 3.8) is 0 Å². The molecule has 0 aliphatic carbocycles. The molecular formula is C10H18O2. The lowest BCUT2D eigenvalue weighted by molar-refractivity contribution is -0.140. The monoisotopic (exact) mass is 170 g/mol. The van der Waals surface area contributed by atoms with Gasteiger partial charge < -0.3 is 4.74 Å². The molecule has 0 fully saturated rings. The molecule has 0 spiro atoms. The van der Waals surface area contributed by atoms with Crippen molar-refractivity contribution in [2.45, 2.75) is 40.0 Å². The molecule has 0 aliphatic rings. The van der Waals surface area contributed by atoms with Crippen LogP contribution in [0.4, 0.5) is 0 Å². The largest absolute Gasteiger partial charge is 0.469 e. The zero-order valence-electron chi connectivity index (χ0n) is 8.44. The van der Waals surface area contributed by atoms with Crippen molar-refractivity contribution in [1.82, 2.24) is 0 Å². The topological polar surface area (TPSA) is 26.3 Å². The van der Waals surface area contributed by atoms with Crippen LogP contribution in [0.25, 0.3) is 0 Å². The highest BCUT2D eigenvalue weighted by molar-refractivity contribution is 5.69. The van der Waals surface area contributed by atoms with Crippen molar-refractivity contribution in [3.05, 3.63) is 11.1 Å². The molecule has 0 radical (unpaired) electrons. The van der Waals surface area contributed by atoms with Crippen LogP contribution in [0.15, 0.2) is 11.1 Å². The first-order valence-electron chi connectivity index (χ1n) is 4.33. The average Bonchev–Trinajstić information content (AvgIpc) is 2.11. The number of hydrogen-bond donors (Lipinski definition) is 0. The molecule has 0 saturated carbocycles. The first-order valence-corrected chi connectivity index (χ1v) is 4.33. The van der Waals surface area contributed by atoms with Crippen LogP contribution >= 0.6 is 0 Å². The molecule has 0 aromatic carbocycles. The molecule has 0 aromatic rings. The van der Waals surface area contributed by atoms with Gasteiger partial charge >= 0.3 is 5.97 Å². The second kappa shape index (κ2) is 5.81. The highest BCUT2D eigenvalue weighted by Crippen LogP contribution is 2.12. The molecule has 70 valence electrons. The minimum absolute atomic E-state index is 0.127. The molecule has 0 bridgehead atoms. The number of hydrogen-bond acceptors (Lipinski definition) is 2. The maximum absolute atomic E-state index is 10.8. The van der Waals surface area contributed by atoms with E-state index in [4.69, 9.17) is 0 Å². The Balaban J connectivity index is 3.85. The summed E-state index contributed by atoms with van der Waals surface area (Å²) in [6, 6.07) is 0. The van der Waals surface area contributed by atoms with E-state index >= 15 is 0 Å². The zero-order valence-corrected chi connectivity index (χ0v) is 8.44. The Morgan fingerprint density at radius 1 is 1.17 bits per heavy atom.